The van der Waals surface area contributed by atoms with Gasteiger partial charge in [0.1, 0.15) is 0 Å². The lowest BCUT2D eigenvalue weighted by atomic mass is 10.1. The second-order valence-electron chi connectivity index (χ2n) is 3.94. The van der Waals surface area contributed by atoms with Crippen molar-refractivity contribution in [3.8, 4) is 0 Å². The second kappa shape index (κ2) is 6.48. The molecule has 0 aliphatic carbocycles. The predicted molar refractivity (Wildman–Crippen MR) is 61.7 cm³/mol. The van der Waals surface area contributed by atoms with Gasteiger partial charge in [-0.2, -0.15) is 13.2 Å². The molecule has 0 aliphatic heterocycles. The Balaban J connectivity index is 2.32. The molecule has 106 valence electrons. The summed E-state index contributed by atoms with van der Waals surface area (Å²) in [7, 11) is 0. The first-order valence-corrected chi connectivity index (χ1v) is 5.49. The maximum absolute atomic E-state index is 12.0. The first kappa shape index (κ1) is 15.4. The molecule has 5 nitrogen and oxygen atoms in total. The summed E-state index contributed by atoms with van der Waals surface area (Å²) in [6.07, 6.45) is -6.59. The van der Waals surface area contributed by atoms with Crippen LogP contribution in [0, 0.1) is 10.1 Å². The van der Waals surface area contributed by atoms with Gasteiger partial charge in [-0.3, -0.25) is 10.1 Å². The Morgan fingerprint density at radius 2 is 1.89 bits per heavy atom. The Kier molecular flexibility index (Phi) is 5.25. The highest BCUT2D eigenvalue weighted by molar-refractivity contribution is 5.32. The van der Waals surface area contributed by atoms with Gasteiger partial charge in [0, 0.05) is 18.7 Å². The van der Waals surface area contributed by atoms with Gasteiger partial charge in [-0.25, -0.2) is 0 Å². The van der Waals surface area contributed by atoms with Crippen LogP contribution in [0.3, 0.4) is 0 Å². The molecule has 0 radical (unpaired) electrons. The number of aliphatic hydroxyl groups excluding tert-OH is 1. The summed E-state index contributed by atoms with van der Waals surface area (Å²) in [5.74, 6) is 0. The van der Waals surface area contributed by atoms with E-state index >= 15 is 0 Å². The van der Waals surface area contributed by atoms with Gasteiger partial charge in [-0.15, -0.1) is 0 Å². The van der Waals surface area contributed by atoms with Gasteiger partial charge in [0.05, 0.1) is 4.92 Å². The van der Waals surface area contributed by atoms with E-state index in [1.807, 2.05) is 0 Å². The monoisotopic (exact) mass is 278 g/mol. The van der Waals surface area contributed by atoms with E-state index in [-0.39, 0.29) is 12.2 Å². The summed E-state index contributed by atoms with van der Waals surface area (Å²) < 4.78 is 35.9. The van der Waals surface area contributed by atoms with Gasteiger partial charge in [0.2, 0.25) is 0 Å². The van der Waals surface area contributed by atoms with Crippen LogP contribution in [0.5, 0.6) is 0 Å². The van der Waals surface area contributed by atoms with Gasteiger partial charge < -0.3 is 10.4 Å². The minimum atomic E-state index is -4.62. The number of nitro groups is 1. The van der Waals surface area contributed by atoms with Gasteiger partial charge in [-0.05, 0) is 18.5 Å². The summed E-state index contributed by atoms with van der Waals surface area (Å²) in [5, 5.41) is 21.6. The molecule has 0 saturated heterocycles. The number of halogens is 3. The zero-order valence-electron chi connectivity index (χ0n) is 9.85. The molecule has 1 aromatic carbocycles. The van der Waals surface area contributed by atoms with Gasteiger partial charge in [-0.1, -0.05) is 12.1 Å². The van der Waals surface area contributed by atoms with E-state index in [9.17, 15) is 23.3 Å². The van der Waals surface area contributed by atoms with E-state index in [1.54, 1.807) is 12.1 Å². The fourth-order valence-corrected chi connectivity index (χ4v) is 1.37. The number of rotatable bonds is 6. The van der Waals surface area contributed by atoms with Crippen molar-refractivity contribution in [3.05, 3.63) is 39.9 Å². The summed E-state index contributed by atoms with van der Waals surface area (Å²) in [6.45, 7) is -0.332. The van der Waals surface area contributed by atoms with Crippen LogP contribution in [0.1, 0.15) is 5.56 Å². The van der Waals surface area contributed by atoms with Crippen molar-refractivity contribution in [3.63, 3.8) is 0 Å². The average Bonchev–Trinajstić information content (AvgIpc) is 2.33. The lowest BCUT2D eigenvalue weighted by molar-refractivity contribution is -0.384. The number of nitro benzene ring substituents is 1. The minimum absolute atomic E-state index is 0.0378. The van der Waals surface area contributed by atoms with Crippen LogP contribution in [0.4, 0.5) is 18.9 Å². The molecule has 1 atom stereocenters. The van der Waals surface area contributed by atoms with Crippen LogP contribution in [0.2, 0.25) is 0 Å². The molecule has 1 aromatic rings. The normalized spacial score (nSPS) is 13.3. The van der Waals surface area contributed by atoms with Crippen molar-refractivity contribution >= 4 is 5.69 Å². The highest BCUT2D eigenvalue weighted by atomic mass is 19.4. The number of non-ortho nitro benzene ring substituents is 1. The quantitative estimate of drug-likeness (QED) is 0.471. The maximum atomic E-state index is 12.0. The van der Waals surface area contributed by atoms with E-state index in [0.29, 0.717) is 6.42 Å². The predicted octanol–water partition coefficient (Wildman–Crippen LogP) is 1.65. The van der Waals surface area contributed by atoms with Crippen LogP contribution >= 0.6 is 0 Å². The first-order chi connectivity index (χ1) is 8.80. The molecular weight excluding hydrogens is 265 g/mol. The molecule has 19 heavy (non-hydrogen) atoms. The number of alkyl halides is 3. The van der Waals surface area contributed by atoms with Crippen molar-refractivity contribution in [2.24, 2.45) is 0 Å². The Bertz CT molecular complexity index is 420. The van der Waals surface area contributed by atoms with Gasteiger partial charge in [0.25, 0.3) is 5.69 Å². The molecule has 0 fully saturated rings. The van der Waals surface area contributed by atoms with Gasteiger partial charge in [0.15, 0.2) is 6.10 Å². The molecule has 0 heterocycles. The Hall–Kier alpha value is -1.67. The Labute approximate surface area is 107 Å². The summed E-state index contributed by atoms with van der Waals surface area (Å²) in [4.78, 5) is 9.87. The van der Waals surface area contributed by atoms with Crippen LogP contribution in [0.15, 0.2) is 24.3 Å². The number of hydrogen-bond donors (Lipinski definition) is 2. The van der Waals surface area contributed by atoms with E-state index < -0.39 is 23.7 Å². The minimum Gasteiger partial charge on any atom is -0.382 e. The molecule has 1 rings (SSSR count). The van der Waals surface area contributed by atoms with E-state index in [0.717, 1.165) is 5.56 Å². The fraction of sp³-hybridized carbons (Fsp3) is 0.455. The zero-order chi connectivity index (χ0) is 14.5. The zero-order valence-corrected chi connectivity index (χ0v) is 9.85. The lowest BCUT2D eigenvalue weighted by Gasteiger charge is -2.14. The van der Waals surface area contributed by atoms with Crippen molar-refractivity contribution < 1.29 is 23.2 Å². The standard InChI is InChI=1S/C11H13F3N2O3/c12-11(13,14)10(17)7-15-6-5-8-1-3-9(4-2-8)16(18)19/h1-4,10,15,17H,5-7H2. The summed E-state index contributed by atoms with van der Waals surface area (Å²) >= 11 is 0. The van der Waals surface area contributed by atoms with Crippen LogP contribution in [0.25, 0.3) is 0 Å². The molecule has 0 aliphatic rings. The number of nitrogens with one attached hydrogen (secondary N) is 1. The molecule has 0 amide bonds. The third-order valence-corrected chi connectivity index (χ3v) is 2.45. The average molecular weight is 278 g/mol. The Morgan fingerprint density at radius 1 is 1.32 bits per heavy atom. The molecule has 0 spiro atoms. The molecular formula is C11H13F3N2O3. The van der Waals surface area contributed by atoms with Crippen LogP contribution in [-0.2, 0) is 6.42 Å². The molecule has 8 heteroatoms. The smallest absolute Gasteiger partial charge is 0.382 e. The van der Waals surface area contributed by atoms with E-state index in [1.165, 1.54) is 12.1 Å². The molecule has 2 N–H and O–H groups in total. The van der Waals surface area contributed by atoms with Crippen molar-refractivity contribution in [1.29, 1.82) is 0 Å². The number of aliphatic hydroxyl groups is 1. The van der Waals surface area contributed by atoms with Crippen molar-refractivity contribution in [2.45, 2.75) is 18.7 Å². The highest BCUT2D eigenvalue weighted by Gasteiger charge is 2.37. The SMILES string of the molecule is O=[N+]([O-])c1ccc(CCNCC(O)C(F)(F)F)cc1. The first-order valence-electron chi connectivity index (χ1n) is 5.49. The summed E-state index contributed by atoms with van der Waals surface area (Å²) in [6, 6.07) is 5.75. The fourth-order valence-electron chi connectivity index (χ4n) is 1.37. The number of hydrogen-bond acceptors (Lipinski definition) is 4. The molecule has 1 unspecified atom stereocenters. The molecule has 0 saturated carbocycles. The van der Waals surface area contributed by atoms with Crippen molar-refractivity contribution in [2.75, 3.05) is 13.1 Å². The largest absolute Gasteiger partial charge is 0.415 e. The summed E-state index contributed by atoms with van der Waals surface area (Å²) in [5.41, 5.74) is 0.726. The number of benzene rings is 1. The van der Waals surface area contributed by atoms with E-state index in [2.05, 4.69) is 5.32 Å². The molecule has 0 aromatic heterocycles. The van der Waals surface area contributed by atoms with Crippen molar-refractivity contribution in [1.82, 2.24) is 5.32 Å². The van der Waals surface area contributed by atoms with Gasteiger partial charge >= 0.3 is 6.18 Å². The third-order valence-electron chi connectivity index (χ3n) is 2.45. The lowest BCUT2D eigenvalue weighted by Crippen LogP contribution is -2.38. The maximum Gasteiger partial charge on any atom is 0.415 e. The topological polar surface area (TPSA) is 75.4 Å². The van der Waals surface area contributed by atoms with Crippen LogP contribution < -0.4 is 5.32 Å². The second-order valence-corrected chi connectivity index (χ2v) is 3.94. The molecule has 0 bridgehead atoms. The number of nitrogens with zero attached hydrogens (tertiary/aromatic N) is 1. The van der Waals surface area contributed by atoms with E-state index in [4.69, 9.17) is 5.11 Å². The third kappa shape index (κ3) is 5.23. The highest BCUT2D eigenvalue weighted by Crippen LogP contribution is 2.19. The van der Waals surface area contributed by atoms with Crippen LogP contribution in [-0.4, -0.2) is 35.4 Å². The Morgan fingerprint density at radius 3 is 2.37 bits per heavy atom.